The smallest absolute Gasteiger partial charge is 0.272 e. The molecule has 0 heterocycles. The Kier molecular flexibility index (Phi) is 5.67. The van der Waals surface area contributed by atoms with Crippen molar-refractivity contribution in [2.75, 3.05) is 30.8 Å². The van der Waals surface area contributed by atoms with Crippen LogP contribution in [0, 0.1) is 11.3 Å². The minimum atomic E-state index is -3.97. The third-order valence-electron chi connectivity index (χ3n) is 3.45. The molecule has 0 aromatic heterocycles. The van der Waals surface area contributed by atoms with Crippen LogP contribution >= 0.6 is 0 Å². The standard InChI is InChI=1S/C18H19N3O3S/c1-21(2)16-8-4-14(5-9-16)12-18(13-19)25(22,23)20-15-6-10-17(24-3)11-7-15/h4-12,20H,1-3H3/b18-12+. The molecule has 130 valence electrons. The maximum Gasteiger partial charge on any atom is 0.272 e. The highest BCUT2D eigenvalue weighted by Crippen LogP contribution is 2.20. The number of allylic oxidation sites excluding steroid dienone is 1. The van der Waals surface area contributed by atoms with Crippen LogP contribution in [0.4, 0.5) is 11.4 Å². The van der Waals surface area contributed by atoms with Gasteiger partial charge in [0.2, 0.25) is 0 Å². The molecule has 0 spiro atoms. The van der Waals surface area contributed by atoms with Crippen molar-refractivity contribution < 1.29 is 13.2 Å². The predicted molar refractivity (Wildman–Crippen MR) is 99.9 cm³/mol. The van der Waals surface area contributed by atoms with Crippen LogP contribution in [0.1, 0.15) is 5.56 Å². The van der Waals surface area contributed by atoms with Gasteiger partial charge in [-0.2, -0.15) is 5.26 Å². The summed E-state index contributed by atoms with van der Waals surface area (Å²) in [7, 11) is 1.38. The lowest BCUT2D eigenvalue weighted by Gasteiger charge is -2.12. The third-order valence-corrected chi connectivity index (χ3v) is 4.74. The first-order chi connectivity index (χ1) is 11.9. The van der Waals surface area contributed by atoms with Crippen LogP contribution in [0.25, 0.3) is 6.08 Å². The van der Waals surface area contributed by atoms with E-state index in [0.29, 0.717) is 17.0 Å². The van der Waals surface area contributed by atoms with Gasteiger partial charge in [0.25, 0.3) is 10.0 Å². The van der Waals surface area contributed by atoms with E-state index in [1.807, 2.05) is 31.1 Å². The summed E-state index contributed by atoms with van der Waals surface area (Å²) in [5.74, 6) is 0.611. The molecule has 0 radical (unpaired) electrons. The fourth-order valence-electron chi connectivity index (χ4n) is 2.06. The van der Waals surface area contributed by atoms with Crippen LogP contribution in [0.5, 0.6) is 5.75 Å². The SMILES string of the molecule is COc1ccc(NS(=O)(=O)/C(C#N)=C/c2ccc(N(C)C)cc2)cc1. The van der Waals surface area contributed by atoms with Crippen LogP contribution in [-0.2, 0) is 10.0 Å². The molecule has 1 N–H and O–H groups in total. The summed E-state index contributed by atoms with van der Waals surface area (Å²) < 4.78 is 32.3. The molecule has 2 rings (SSSR count). The Balaban J connectivity index is 2.26. The van der Waals surface area contributed by atoms with Crippen LogP contribution in [0.3, 0.4) is 0 Å². The van der Waals surface area contributed by atoms with Gasteiger partial charge in [-0.05, 0) is 48.0 Å². The van der Waals surface area contributed by atoms with E-state index < -0.39 is 10.0 Å². The maximum atomic E-state index is 12.4. The monoisotopic (exact) mass is 357 g/mol. The average molecular weight is 357 g/mol. The molecule has 0 aliphatic heterocycles. The fourth-order valence-corrected chi connectivity index (χ4v) is 3.03. The lowest BCUT2D eigenvalue weighted by molar-refractivity contribution is 0.415. The second-order valence-corrected chi connectivity index (χ2v) is 7.09. The van der Waals surface area contributed by atoms with Gasteiger partial charge in [-0.3, -0.25) is 4.72 Å². The maximum absolute atomic E-state index is 12.4. The van der Waals surface area contributed by atoms with E-state index in [0.717, 1.165) is 5.69 Å². The Morgan fingerprint density at radius 2 is 1.72 bits per heavy atom. The molecule has 0 saturated carbocycles. The molecular weight excluding hydrogens is 338 g/mol. The Labute approximate surface area is 148 Å². The van der Waals surface area contributed by atoms with Gasteiger partial charge in [0.1, 0.15) is 11.8 Å². The van der Waals surface area contributed by atoms with E-state index in [-0.39, 0.29) is 4.91 Å². The molecule has 0 atom stereocenters. The van der Waals surface area contributed by atoms with Crippen molar-refractivity contribution >= 4 is 27.5 Å². The fraction of sp³-hybridized carbons (Fsp3) is 0.167. The van der Waals surface area contributed by atoms with Gasteiger partial charge in [-0.1, -0.05) is 12.1 Å². The van der Waals surface area contributed by atoms with Crippen molar-refractivity contribution in [3.63, 3.8) is 0 Å². The topological polar surface area (TPSA) is 82.4 Å². The van der Waals surface area contributed by atoms with Gasteiger partial charge < -0.3 is 9.64 Å². The highest BCUT2D eigenvalue weighted by Gasteiger charge is 2.17. The molecule has 6 nitrogen and oxygen atoms in total. The summed E-state index contributed by atoms with van der Waals surface area (Å²) in [5.41, 5.74) is 1.96. The van der Waals surface area contributed by atoms with Crippen LogP contribution in [-0.4, -0.2) is 29.6 Å². The molecule has 25 heavy (non-hydrogen) atoms. The van der Waals surface area contributed by atoms with Crippen LogP contribution < -0.4 is 14.4 Å². The number of nitriles is 1. The minimum Gasteiger partial charge on any atom is -0.497 e. The first kappa shape index (κ1) is 18.4. The van der Waals surface area contributed by atoms with E-state index in [4.69, 9.17) is 4.74 Å². The van der Waals surface area contributed by atoms with Gasteiger partial charge in [0.15, 0.2) is 4.91 Å². The van der Waals surface area contributed by atoms with Gasteiger partial charge in [-0.25, -0.2) is 8.42 Å². The van der Waals surface area contributed by atoms with Crippen molar-refractivity contribution in [1.82, 2.24) is 0 Å². The Bertz CT molecular complexity index is 894. The van der Waals surface area contributed by atoms with Gasteiger partial charge in [0, 0.05) is 25.5 Å². The molecule has 7 heteroatoms. The number of methoxy groups -OCH3 is 1. The zero-order chi connectivity index (χ0) is 18.4. The molecule has 0 unspecified atom stereocenters. The van der Waals surface area contributed by atoms with E-state index >= 15 is 0 Å². The number of hydrogen-bond donors (Lipinski definition) is 1. The summed E-state index contributed by atoms with van der Waals surface area (Å²) in [6, 6.07) is 15.4. The zero-order valence-corrected chi connectivity index (χ0v) is 15.0. The summed E-state index contributed by atoms with van der Waals surface area (Å²) in [6.45, 7) is 0. The Hall–Kier alpha value is -2.98. The molecule has 0 saturated heterocycles. The molecule has 0 aliphatic rings. The average Bonchev–Trinajstić information content (AvgIpc) is 2.60. The van der Waals surface area contributed by atoms with Crippen LogP contribution in [0.15, 0.2) is 53.4 Å². The molecule has 2 aromatic carbocycles. The van der Waals surface area contributed by atoms with Gasteiger partial charge in [-0.15, -0.1) is 0 Å². The van der Waals surface area contributed by atoms with Gasteiger partial charge >= 0.3 is 0 Å². The first-order valence-corrected chi connectivity index (χ1v) is 8.90. The summed E-state index contributed by atoms with van der Waals surface area (Å²) >= 11 is 0. The number of anilines is 2. The number of ether oxygens (including phenoxy) is 1. The highest BCUT2D eigenvalue weighted by atomic mass is 32.2. The quantitative estimate of drug-likeness (QED) is 0.804. The molecule has 0 aliphatic carbocycles. The molecule has 0 amide bonds. The predicted octanol–water partition coefficient (Wildman–Crippen LogP) is 3.07. The molecule has 2 aromatic rings. The first-order valence-electron chi connectivity index (χ1n) is 7.42. The second kappa shape index (κ2) is 7.73. The van der Waals surface area contributed by atoms with E-state index in [2.05, 4.69) is 4.72 Å². The molecular formula is C18H19N3O3S. The normalized spacial score (nSPS) is 11.5. The second-order valence-electron chi connectivity index (χ2n) is 5.44. The van der Waals surface area contributed by atoms with Crippen LogP contribution in [0.2, 0.25) is 0 Å². The minimum absolute atomic E-state index is 0.352. The van der Waals surface area contributed by atoms with Crippen molar-refractivity contribution in [1.29, 1.82) is 5.26 Å². The van der Waals surface area contributed by atoms with E-state index in [9.17, 15) is 13.7 Å². The summed E-state index contributed by atoms with van der Waals surface area (Å²) in [4.78, 5) is 1.57. The van der Waals surface area contributed by atoms with E-state index in [1.165, 1.54) is 13.2 Å². The number of sulfonamides is 1. The van der Waals surface area contributed by atoms with Crippen molar-refractivity contribution in [3.8, 4) is 11.8 Å². The van der Waals surface area contributed by atoms with Crippen molar-refractivity contribution in [2.45, 2.75) is 0 Å². The van der Waals surface area contributed by atoms with Crippen molar-refractivity contribution in [3.05, 3.63) is 59.0 Å². The summed E-state index contributed by atoms with van der Waals surface area (Å²) in [6.07, 6.45) is 1.34. The number of hydrogen-bond acceptors (Lipinski definition) is 5. The third kappa shape index (κ3) is 4.75. The van der Waals surface area contributed by atoms with Gasteiger partial charge in [0.05, 0.1) is 7.11 Å². The highest BCUT2D eigenvalue weighted by molar-refractivity contribution is 7.96. The lowest BCUT2D eigenvalue weighted by atomic mass is 10.2. The van der Waals surface area contributed by atoms with Crippen molar-refractivity contribution in [2.24, 2.45) is 0 Å². The molecule has 0 fully saturated rings. The zero-order valence-electron chi connectivity index (χ0n) is 14.2. The molecule has 0 bridgehead atoms. The number of benzene rings is 2. The Morgan fingerprint density at radius 3 is 2.20 bits per heavy atom. The van der Waals surface area contributed by atoms with E-state index in [1.54, 1.807) is 42.5 Å². The number of nitrogens with zero attached hydrogens (tertiary/aromatic N) is 2. The number of rotatable bonds is 6. The lowest BCUT2D eigenvalue weighted by Crippen LogP contribution is -2.14. The largest absolute Gasteiger partial charge is 0.497 e. The summed E-state index contributed by atoms with van der Waals surface area (Å²) in [5, 5.41) is 9.26. The number of nitrogens with one attached hydrogen (secondary N) is 1. The Morgan fingerprint density at radius 1 is 1.12 bits per heavy atom.